The SMILES string of the molecule is CN1C2C=CCC1(c1nn(C)cc1Cl)CC2. The number of nitrogens with zero attached hydrogens (tertiary/aromatic N) is 3. The molecule has 1 saturated heterocycles. The van der Waals surface area contributed by atoms with Gasteiger partial charge in [-0.05, 0) is 26.3 Å². The standard InChI is InChI=1S/C12H16ClN3/c1-15-8-10(13)11(14-15)12-6-3-4-9(5-7-12)16(12)2/h3-4,8-9H,5-7H2,1-2H3. The van der Waals surface area contributed by atoms with Crippen LogP contribution in [0.15, 0.2) is 18.3 Å². The predicted octanol–water partition coefficient (Wildman–Crippen LogP) is 2.32. The molecule has 3 rings (SSSR count). The van der Waals surface area contributed by atoms with Gasteiger partial charge >= 0.3 is 0 Å². The molecule has 1 aromatic rings. The molecule has 0 aromatic carbocycles. The van der Waals surface area contributed by atoms with E-state index < -0.39 is 0 Å². The molecule has 2 aliphatic rings. The summed E-state index contributed by atoms with van der Waals surface area (Å²) in [5, 5.41) is 5.36. The maximum absolute atomic E-state index is 6.30. The van der Waals surface area contributed by atoms with E-state index in [9.17, 15) is 0 Å². The molecule has 2 atom stereocenters. The molecule has 0 aliphatic carbocycles. The van der Waals surface area contributed by atoms with Gasteiger partial charge in [-0.1, -0.05) is 23.8 Å². The number of likely N-dealkylation sites (N-methyl/N-ethyl adjacent to an activating group) is 1. The van der Waals surface area contributed by atoms with Crippen molar-refractivity contribution in [3.63, 3.8) is 0 Å². The van der Waals surface area contributed by atoms with Gasteiger partial charge in [-0.25, -0.2) is 0 Å². The fourth-order valence-electron chi connectivity index (χ4n) is 3.12. The molecule has 16 heavy (non-hydrogen) atoms. The van der Waals surface area contributed by atoms with Crippen molar-refractivity contribution in [3.8, 4) is 0 Å². The van der Waals surface area contributed by atoms with Crippen LogP contribution in [0, 0.1) is 0 Å². The normalized spacial score (nSPS) is 33.6. The minimum atomic E-state index is 0.0394. The molecule has 0 saturated carbocycles. The van der Waals surface area contributed by atoms with Crippen LogP contribution in [-0.2, 0) is 12.6 Å². The third-order valence-corrected chi connectivity index (χ3v) is 4.34. The Bertz CT molecular complexity index is 451. The minimum Gasteiger partial charge on any atom is -0.288 e. The Morgan fingerprint density at radius 1 is 1.50 bits per heavy atom. The van der Waals surface area contributed by atoms with Gasteiger partial charge < -0.3 is 0 Å². The van der Waals surface area contributed by atoms with Crippen LogP contribution in [0.25, 0.3) is 0 Å². The number of rotatable bonds is 1. The first-order chi connectivity index (χ1) is 7.63. The molecule has 2 aliphatic heterocycles. The number of aromatic nitrogens is 2. The van der Waals surface area contributed by atoms with E-state index in [0.29, 0.717) is 6.04 Å². The van der Waals surface area contributed by atoms with Gasteiger partial charge in [-0.3, -0.25) is 9.58 Å². The molecule has 1 aromatic heterocycles. The van der Waals surface area contributed by atoms with Gasteiger partial charge in [-0.15, -0.1) is 0 Å². The summed E-state index contributed by atoms with van der Waals surface area (Å²) >= 11 is 6.30. The van der Waals surface area contributed by atoms with Crippen LogP contribution in [-0.4, -0.2) is 27.8 Å². The van der Waals surface area contributed by atoms with Gasteiger partial charge in [-0.2, -0.15) is 5.10 Å². The van der Waals surface area contributed by atoms with E-state index in [-0.39, 0.29) is 5.54 Å². The fraction of sp³-hybridized carbons (Fsp3) is 0.583. The van der Waals surface area contributed by atoms with Crippen molar-refractivity contribution in [2.24, 2.45) is 7.05 Å². The second-order valence-corrected chi connectivity index (χ2v) is 5.29. The van der Waals surface area contributed by atoms with Crippen molar-refractivity contribution in [2.75, 3.05) is 7.05 Å². The highest BCUT2D eigenvalue weighted by molar-refractivity contribution is 6.31. The summed E-state index contributed by atoms with van der Waals surface area (Å²) in [5.74, 6) is 0. The molecular formula is C12H16ClN3. The average Bonchev–Trinajstić information content (AvgIpc) is 2.64. The second-order valence-electron chi connectivity index (χ2n) is 4.88. The van der Waals surface area contributed by atoms with Crippen molar-refractivity contribution in [1.82, 2.24) is 14.7 Å². The van der Waals surface area contributed by atoms with Crippen molar-refractivity contribution in [2.45, 2.75) is 30.8 Å². The lowest BCUT2D eigenvalue weighted by Gasteiger charge is -2.38. The lowest BCUT2D eigenvalue weighted by Crippen LogP contribution is -2.44. The number of hydrogen-bond acceptors (Lipinski definition) is 2. The molecule has 86 valence electrons. The predicted molar refractivity (Wildman–Crippen MR) is 64.4 cm³/mol. The van der Waals surface area contributed by atoms with Crippen LogP contribution in [0.5, 0.6) is 0 Å². The maximum Gasteiger partial charge on any atom is 0.102 e. The highest BCUT2D eigenvalue weighted by Crippen LogP contribution is 2.48. The molecule has 0 amide bonds. The second kappa shape index (κ2) is 3.34. The highest BCUT2D eigenvalue weighted by atomic mass is 35.5. The van der Waals surface area contributed by atoms with Crippen LogP contribution in [0.2, 0.25) is 5.02 Å². The summed E-state index contributed by atoms with van der Waals surface area (Å²) in [5.41, 5.74) is 1.09. The lowest BCUT2D eigenvalue weighted by atomic mass is 9.88. The molecule has 0 N–H and O–H groups in total. The average molecular weight is 238 g/mol. The highest BCUT2D eigenvalue weighted by Gasteiger charge is 2.48. The fourth-order valence-corrected chi connectivity index (χ4v) is 3.48. The van der Waals surface area contributed by atoms with E-state index in [4.69, 9.17) is 11.6 Å². The minimum absolute atomic E-state index is 0.0394. The smallest absolute Gasteiger partial charge is 0.102 e. The van der Waals surface area contributed by atoms with Crippen molar-refractivity contribution in [3.05, 3.63) is 29.1 Å². The summed E-state index contributed by atoms with van der Waals surface area (Å²) in [7, 11) is 4.11. The molecule has 2 unspecified atom stereocenters. The Balaban J connectivity index is 2.11. The lowest BCUT2D eigenvalue weighted by molar-refractivity contribution is 0.137. The molecular weight excluding hydrogens is 222 g/mol. The third kappa shape index (κ3) is 1.22. The van der Waals surface area contributed by atoms with E-state index in [1.54, 1.807) is 0 Å². The largest absolute Gasteiger partial charge is 0.288 e. The van der Waals surface area contributed by atoms with E-state index in [1.165, 1.54) is 6.42 Å². The third-order valence-electron chi connectivity index (χ3n) is 4.07. The van der Waals surface area contributed by atoms with Crippen molar-refractivity contribution in [1.29, 1.82) is 0 Å². The summed E-state index contributed by atoms with van der Waals surface area (Å²) in [6, 6.07) is 0.562. The zero-order valence-corrected chi connectivity index (χ0v) is 10.4. The van der Waals surface area contributed by atoms with Gasteiger partial charge in [0.25, 0.3) is 0 Å². The summed E-state index contributed by atoms with van der Waals surface area (Å²) in [6.07, 6.45) is 9.87. The Morgan fingerprint density at radius 3 is 3.00 bits per heavy atom. The Hall–Kier alpha value is -0.800. The van der Waals surface area contributed by atoms with Crippen molar-refractivity contribution < 1.29 is 0 Å². The van der Waals surface area contributed by atoms with Crippen LogP contribution < -0.4 is 0 Å². The molecule has 0 spiro atoms. The van der Waals surface area contributed by atoms with Crippen LogP contribution >= 0.6 is 11.6 Å². The van der Waals surface area contributed by atoms with E-state index in [2.05, 4.69) is 29.2 Å². The Labute approximate surface area is 101 Å². The molecule has 2 bridgehead atoms. The summed E-state index contributed by atoms with van der Waals surface area (Å²) < 4.78 is 1.81. The topological polar surface area (TPSA) is 21.1 Å². The quantitative estimate of drug-likeness (QED) is 0.699. The first-order valence-electron chi connectivity index (χ1n) is 5.73. The Morgan fingerprint density at radius 2 is 2.31 bits per heavy atom. The number of hydrogen-bond donors (Lipinski definition) is 0. The summed E-state index contributed by atoms with van der Waals surface area (Å²) in [4.78, 5) is 2.43. The number of aryl methyl sites for hydroxylation is 1. The first kappa shape index (κ1) is 10.4. The van der Waals surface area contributed by atoms with E-state index in [1.807, 2.05) is 17.9 Å². The molecule has 3 nitrogen and oxygen atoms in total. The molecule has 1 fully saturated rings. The van der Waals surface area contributed by atoms with Gasteiger partial charge in [0.05, 0.1) is 10.6 Å². The summed E-state index contributed by atoms with van der Waals surface area (Å²) in [6.45, 7) is 0. The van der Waals surface area contributed by atoms with Crippen molar-refractivity contribution >= 4 is 11.6 Å². The molecule has 3 heterocycles. The number of fused-ring (bicyclic) bond motifs is 2. The van der Waals surface area contributed by atoms with Crippen LogP contribution in [0.3, 0.4) is 0 Å². The van der Waals surface area contributed by atoms with Gasteiger partial charge in [0.15, 0.2) is 0 Å². The van der Waals surface area contributed by atoms with E-state index >= 15 is 0 Å². The van der Waals surface area contributed by atoms with Gasteiger partial charge in [0.2, 0.25) is 0 Å². The zero-order valence-electron chi connectivity index (χ0n) is 9.65. The molecule has 0 radical (unpaired) electrons. The van der Waals surface area contributed by atoms with Gasteiger partial charge in [0.1, 0.15) is 5.69 Å². The molecule has 4 heteroatoms. The first-order valence-corrected chi connectivity index (χ1v) is 6.10. The van der Waals surface area contributed by atoms with Crippen LogP contribution in [0.4, 0.5) is 0 Å². The van der Waals surface area contributed by atoms with Crippen LogP contribution in [0.1, 0.15) is 25.0 Å². The maximum atomic E-state index is 6.30. The number of halogens is 1. The Kier molecular flexibility index (Phi) is 2.17. The van der Waals surface area contributed by atoms with Gasteiger partial charge in [0, 0.05) is 19.3 Å². The van der Waals surface area contributed by atoms with E-state index in [0.717, 1.165) is 23.6 Å². The monoisotopic (exact) mass is 237 g/mol. The zero-order chi connectivity index (χ0) is 11.3.